The minimum atomic E-state index is -1.64. The number of hydrogen-bond donors (Lipinski definition) is 0. The van der Waals surface area contributed by atoms with Gasteiger partial charge in [-0.3, -0.25) is 4.98 Å². The molecule has 0 amide bonds. The summed E-state index contributed by atoms with van der Waals surface area (Å²) in [6, 6.07) is 15.6. The van der Waals surface area contributed by atoms with Crippen LogP contribution >= 0.6 is 0 Å². The number of aromatic nitrogens is 1. The molecule has 4 rings (SSSR count). The maximum Gasteiger partial charge on any atom is 0.144 e. The highest BCUT2D eigenvalue weighted by atomic mass is 16.3. The quantitative estimate of drug-likeness (QED) is 0.507. The summed E-state index contributed by atoms with van der Waals surface area (Å²) in [7, 11) is 31.2. The Morgan fingerprint density at radius 1 is 0.800 bits per heavy atom. The molecule has 2 aromatic heterocycles. The maximum absolute atomic E-state index is 6.59. The number of hydrogen-bond acceptors (Lipinski definition) is 2. The summed E-state index contributed by atoms with van der Waals surface area (Å²) in [5.74, 6) is 0. The van der Waals surface area contributed by atoms with E-state index in [9.17, 15) is 0 Å². The average molecular weight is 378 g/mol. The molecule has 0 fully saturated rings. The monoisotopic (exact) mass is 379 g/mol. The van der Waals surface area contributed by atoms with Crippen molar-refractivity contribution in [1.29, 1.82) is 0 Å². The molecule has 0 aliphatic heterocycles. The Morgan fingerprint density at radius 2 is 1.47 bits per heavy atom. The van der Waals surface area contributed by atoms with Crippen LogP contribution in [0, 0.1) is 5.41 Å². The highest BCUT2D eigenvalue weighted by Gasteiger charge is 2.37. The molecule has 7 heteroatoms. The summed E-state index contributed by atoms with van der Waals surface area (Å²) in [6.45, 7) is 5.84. The second kappa shape index (κ2) is 6.87. The van der Waals surface area contributed by atoms with E-state index in [1.165, 1.54) is 0 Å². The molecule has 4 aromatic rings. The highest BCUT2D eigenvalue weighted by molar-refractivity contribution is 6.59. The predicted molar refractivity (Wildman–Crippen MR) is 129 cm³/mol. The van der Waals surface area contributed by atoms with Gasteiger partial charge >= 0.3 is 0 Å². The van der Waals surface area contributed by atoms with Crippen LogP contribution in [0.15, 0.2) is 59.1 Å². The van der Waals surface area contributed by atoms with E-state index in [4.69, 9.17) is 43.6 Å². The van der Waals surface area contributed by atoms with Crippen LogP contribution in [0.4, 0.5) is 0 Å². The minimum Gasteiger partial charge on any atom is -0.455 e. The fraction of sp³-hybridized carbons (Fsp3) is 0.261. The van der Waals surface area contributed by atoms with Gasteiger partial charge in [-0.05, 0) is 29.2 Å². The zero-order chi connectivity index (χ0) is 21.9. The highest BCUT2D eigenvalue weighted by Crippen LogP contribution is 2.42. The first-order valence-electron chi connectivity index (χ1n) is 9.77. The fourth-order valence-electron chi connectivity index (χ4n) is 3.64. The van der Waals surface area contributed by atoms with Gasteiger partial charge in [0.2, 0.25) is 0 Å². The summed E-state index contributed by atoms with van der Waals surface area (Å²) in [4.78, 5) is 4.58. The minimum absolute atomic E-state index is 0.392. The molecule has 10 radical (unpaired) electrons. The lowest BCUT2D eigenvalue weighted by Gasteiger charge is -2.44. The van der Waals surface area contributed by atoms with Crippen molar-refractivity contribution in [2.45, 2.75) is 31.1 Å². The van der Waals surface area contributed by atoms with Gasteiger partial charge in [-0.1, -0.05) is 61.9 Å². The molecule has 0 aliphatic rings. The van der Waals surface area contributed by atoms with Crippen LogP contribution in [0.1, 0.15) is 31.9 Å². The van der Waals surface area contributed by atoms with Crippen molar-refractivity contribution < 1.29 is 4.42 Å². The first kappa shape index (κ1) is 21.0. The number of pyridine rings is 1. The van der Waals surface area contributed by atoms with Gasteiger partial charge < -0.3 is 4.42 Å². The molecular formula is C23H18B5NO. The van der Waals surface area contributed by atoms with Crippen LogP contribution in [0.3, 0.4) is 0 Å². The van der Waals surface area contributed by atoms with Gasteiger partial charge in [-0.25, -0.2) is 0 Å². The Hall–Kier alpha value is -2.29. The number of fused-ring (bicyclic) bond motifs is 3. The molecular weight excluding hydrogens is 360 g/mol. The summed E-state index contributed by atoms with van der Waals surface area (Å²) in [5.41, 5.74) is 3.44. The lowest BCUT2D eigenvalue weighted by atomic mass is 9.35. The Bertz CT molecular complexity index is 1250. The van der Waals surface area contributed by atoms with E-state index in [1.54, 1.807) is 6.20 Å². The van der Waals surface area contributed by atoms with E-state index in [1.807, 2.05) is 69.3 Å². The van der Waals surface area contributed by atoms with Gasteiger partial charge in [0.15, 0.2) is 0 Å². The van der Waals surface area contributed by atoms with Crippen molar-refractivity contribution in [3.8, 4) is 11.3 Å². The topological polar surface area (TPSA) is 26.0 Å². The second-order valence-corrected chi connectivity index (χ2v) is 8.95. The number of nitrogens with zero attached hydrogens (tertiary/aromatic N) is 1. The Balaban J connectivity index is 2.00. The SMILES string of the molecule is [B]C([B])([B])c1cnc(-c2cccc3c2oc2ccccc23)cc1C([B])([B])C(C)(C)C. The first-order chi connectivity index (χ1) is 13.9. The van der Waals surface area contributed by atoms with Gasteiger partial charge in [0.1, 0.15) is 11.2 Å². The third-order valence-electron chi connectivity index (χ3n) is 5.74. The standard InChI is InChI=1S/C23H18B5NO/c1-21(2,3)22(24,25)16-11-18(29-12-17(16)23(26,27)28)15-9-6-8-14-13-7-4-5-10-19(13)30-20(14)15/h4-12H,1-3H3. The maximum atomic E-state index is 6.59. The number of benzene rings is 2. The van der Waals surface area contributed by atoms with E-state index in [-0.39, 0.29) is 0 Å². The summed E-state index contributed by atoms with van der Waals surface area (Å²) in [6.07, 6.45) is 1.55. The number of para-hydroxylation sites is 2. The lowest BCUT2D eigenvalue weighted by molar-refractivity contribution is 0.357. The Kier molecular flexibility index (Phi) is 4.80. The molecule has 0 bridgehead atoms. The molecule has 0 saturated heterocycles. The molecule has 30 heavy (non-hydrogen) atoms. The molecule has 2 heterocycles. The number of furan rings is 1. The molecule has 0 unspecified atom stereocenters. The zero-order valence-corrected chi connectivity index (χ0v) is 17.4. The fourth-order valence-corrected chi connectivity index (χ4v) is 3.64. The van der Waals surface area contributed by atoms with Crippen LogP contribution in [-0.2, 0) is 10.3 Å². The van der Waals surface area contributed by atoms with E-state index in [0.29, 0.717) is 16.8 Å². The smallest absolute Gasteiger partial charge is 0.144 e. The predicted octanol–water partition coefficient (Wildman–Crippen LogP) is 3.80. The molecule has 0 aliphatic carbocycles. The van der Waals surface area contributed by atoms with Gasteiger partial charge in [0.25, 0.3) is 0 Å². The van der Waals surface area contributed by atoms with Gasteiger partial charge in [0, 0.05) is 22.5 Å². The van der Waals surface area contributed by atoms with Gasteiger partial charge in [-0.2, -0.15) is 0 Å². The van der Waals surface area contributed by atoms with Crippen molar-refractivity contribution in [2.24, 2.45) is 5.41 Å². The third-order valence-corrected chi connectivity index (χ3v) is 5.74. The molecule has 0 atom stereocenters. The summed E-state index contributed by atoms with van der Waals surface area (Å²) in [5, 5.41) is -0.853. The van der Waals surface area contributed by atoms with Crippen molar-refractivity contribution in [3.63, 3.8) is 0 Å². The zero-order valence-electron chi connectivity index (χ0n) is 17.4. The summed E-state index contributed by atoms with van der Waals surface area (Å²) >= 11 is 0. The van der Waals surface area contributed by atoms with Crippen LogP contribution in [0.25, 0.3) is 33.2 Å². The summed E-state index contributed by atoms with van der Waals surface area (Å²) < 4.78 is 6.15. The van der Waals surface area contributed by atoms with Crippen LogP contribution in [0.2, 0.25) is 0 Å². The van der Waals surface area contributed by atoms with E-state index >= 15 is 0 Å². The largest absolute Gasteiger partial charge is 0.455 e. The van der Waals surface area contributed by atoms with Crippen LogP contribution < -0.4 is 0 Å². The molecule has 0 saturated carbocycles. The average Bonchev–Trinajstić information content (AvgIpc) is 3.04. The van der Waals surface area contributed by atoms with Crippen molar-refractivity contribution in [2.75, 3.05) is 0 Å². The van der Waals surface area contributed by atoms with E-state index < -0.39 is 15.7 Å². The van der Waals surface area contributed by atoms with Gasteiger partial charge in [-0.15, -0.1) is 5.11 Å². The van der Waals surface area contributed by atoms with Crippen LogP contribution in [0.5, 0.6) is 0 Å². The Labute approximate surface area is 184 Å². The van der Waals surface area contributed by atoms with Crippen molar-refractivity contribution >= 4 is 61.2 Å². The first-order valence-corrected chi connectivity index (χ1v) is 9.77. The normalized spacial score (nSPS) is 13.2. The van der Waals surface area contributed by atoms with Crippen molar-refractivity contribution in [3.05, 3.63) is 65.9 Å². The molecule has 2 nitrogen and oxygen atoms in total. The Morgan fingerprint density at radius 3 is 2.13 bits per heavy atom. The van der Waals surface area contributed by atoms with E-state index in [2.05, 4.69) is 4.98 Å². The second-order valence-electron chi connectivity index (χ2n) is 8.95. The molecule has 136 valence electrons. The van der Waals surface area contributed by atoms with Gasteiger partial charge in [0.05, 0.1) is 44.9 Å². The number of rotatable bonds is 3. The molecule has 2 aromatic carbocycles. The van der Waals surface area contributed by atoms with E-state index in [0.717, 1.165) is 27.5 Å². The molecule has 0 N–H and O–H groups in total. The van der Waals surface area contributed by atoms with Crippen molar-refractivity contribution in [1.82, 2.24) is 4.98 Å². The van der Waals surface area contributed by atoms with Crippen LogP contribution in [-0.4, -0.2) is 44.2 Å². The lowest BCUT2D eigenvalue weighted by Crippen LogP contribution is -2.44. The third kappa shape index (κ3) is 3.33. The molecule has 0 spiro atoms.